The minimum Gasteiger partial charge on any atom is -0.390 e. The number of carbonyl (C=O) groups is 1. The van der Waals surface area contributed by atoms with Crippen molar-refractivity contribution in [2.45, 2.75) is 93.9 Å². The molecule has 4 saturated heterocycles. The van der Waals surface area contributed by atoms with Crippen molar-refractivity contribution in [3.05, 3.63) is 35.9 Å². The number of piperidine rings is 1. The number of aliphatic hydroxyl groups is 2. The van der Waals surface area contributed by atoms with Crippen molar-refractivity contribution in [2.24, 2.45) is 0 Å². The molecule has 0 saturated carbocycles. The minimum absolute atomic E-state index is 0.284. The summed E-state index contributed by atoms with van der Waals surface area (Å²) in [5.74, 6) is -2.63. The molecule has 9 nitrogen and oxygen atoms in total. The molecule has 0 aromatic heterocycles. The highest BCUT2D eigenvalue weighted by Crippen LogP contribution is 2.48. The predicted molar refractivity (Wildman–Crippen MR) is 115 cm³/mol. The second-order valence-corrected chi connectivity index (χ2v) is 10.2. The molecule has 5 rings (SSSR count). The first-order valence-electron chi connectivity index (χ1n) is 11.5. The molecule has 182 valence electrons. The van der Waals surface area contributed by atoms with Gasteiger partial charge in [0.25, 0.3) is 5.91 Å². The second-order valence-electron chi connectivity index (χ2n) is 10.2. The van der Waals surface area contributed by atoms with Crippen molar-refractivity contribution < 1.29 is 38.7 Å². The van der Waals surface area contributed by atoms with Crippen molar-refractivity contribution in [2.75, 3.05) is 13.7 Å². The Hall–Kier alpha value is -1.59. The Morgan fingerprint density at radius 3 is 2.18 bits per heavy atom. The maximum atomic E-state index is 13.0. The van der Waals surface area contributed by atoms with Crippen LogP contribution in [-0.4, -0.2) is 95.0 Å². The zero-order valence-corrected chi connectivity index (χ0v) is 19.6. The van der Waals surface area contributed by atoms with Gasteiger partial charge < -0.3 is 38.8 Å². The van der Waals surface area contributed by atoms with Crippen molar-refractivity contribution >= 4 is 5.91 Å². The summed E-state index contributed by atoms with van der Waals surface area (Å²) in [5.41, 5.74) is 0.785. The lowest BCUT2D eigenvalue weighted by Gasteiger charge is -2.60. The normalized spacial score (nSPS) is 43.9. The lowest BCUT2D eigenvalue weighted by atomic mass is 9.69. The van der Waals surface area contributed by atoms with Gasteiger partial charge in [-0.15, -0.1) is 0 Å². The van der Waals surface area contributed by atoms with E-state index in [-0.39, 0.29) is 5.91 Å². The summed E-state index contributed by atoms with van der Waals surface area (Å²) in [6, 6.07) is 7.98. The summed E-state index contributed by atoms with van der Waals surface area (Å²) in [5, 5.41) is 22.9. The molecular weight excluding hydrogens is 430 g/mol. The molecule has 4 aliphatic rings. The van der Waals surface area contributed by atoms with E-state index in [0.29, 0.717) is 6.61 Å². The summed E-state index contributed by atoms with van der Waals surface area (Å²) in [7, 11) is 1.46. The Morgan fingerprint density at radius 2 is 1.58 bits per heavy atom. The van der Waals surface area contributed by atoms with Crippen LogP contribution in [-0.2, 0) is 28.5 Å². The van der Waals surface area contributed by atoms with Crippen LogP contribution < -0.4 is 0 Å². The van der Waals surface area contributed by atoms with Crippen LogP contribution >= 0.6 is 0 Å². The van der Waals surface area contributed by atoms with E-state index in [1.165, 1.54) is 12.0 Å². The van der Waals surface area contributed by atoms with Gasteiger partial charge in [-0.25, -0.2) is 0 Å². The zero-order chi connectivity index (χ0) is 23.7. The first kappa shape index (κ1) is 23.2. The Kier molecular flexibility index (Phi) is 5.60. The van der Waals surface area contributed by atoms with Gasteiger partial charge in [0.05, 0.1) is 30.9 Å². The van der Waals surface area contributed by atoms with Gasteiger partial charge in [0.15, 0.2) is 17.7 Å². The first-order chi connectivity index (χ1) is 15.5. The summed E-state index contributed by atoms with van der Waals surface area (Å²) in [6.07, 6.45) is -4.58. The molecule has 4 heterocycles. The topological polar surface area (TPSA) is 107 Å². The monoisotopic (exact) mass is 463 g/mol. The Balaban J connectivity index is 1.53. The number of carbonyl (C=O) groups excluding carboxylic acids is 1. The minimum atomic E-state index is -1.10. The van der Waals surface area contributed by atoms with Crippen LogP contribution in [0.1, 0.15) is 39.2 Å². The summed E-state index contributed by atoms with van der Waals surface area (Å²) >= 11 is 0. The van der Waals surface area contributed by atoms with Crippen LogP contribution in [0.25, 0.3) is 0 Å². The molecular formula is C24H33NO8. The Bertz CT molecular complexity index is 892. The van der Waals surface area contributed by atoms with Crippen molar-refractivity contribution in [1.29, 1.82) is 0 Å². The van der Waals surface area contributed by atoms with Gasteiger partial charge in [-0.3, -0.25) is 4.79 Å². The largest absolute Gasteiger partial charge is 0.390 e. The highest BCUT2D eigenvalue weighted by molar-refractivity contribution is 5.89. The lowest BCUT2D eigenvalue weighted by molar-refractivity contribution is -0.229. The smallest absolute Gasteiger partial charge is 0.254 e. The van der Waals surface area contributed by atoms with Gasteiger partial charge in [0.1, 0.15) is 18.3 Å². The molecule has 1 aromatic carbocycles. The van der Waals surface area contributed by atoms with E-state index >= 15 is 0 Å². The van der Waals surface area contributed by atoms with E-state index in [9.17, 15) is 15.0 Å². The maximum Gasteiger partial charge on any atom is 0.254 e. The number of β-lactam (4-membered cyclic amide) rings is 1. The quantitative estimate of drug-likeness (QED) is 0.631. The SMILES string of the molecule is CO[C@H]1C(=O)N2[C@H]([C@H]3OC(C)(C)O[C@@H]3[C@H]3COC(C)(C)O3)[C@H](O)[C@@H](c3ccccc3)[C@H](O)[C@@H]12. The molecule has 0 bridgehead atoms. The predicted octanol–water partition coefficient (Wildman–Crippen LogP) is 0.772. The van der Waals surface area contributed by atoms with Crippen LogP contribution in [0, 0.1) is 0 Å². The van der Waals surface area contributed by atoms with E-state index in [1.807, 2.05) is 44.2 Å². The van der Waals surface area contributed by atoms with Crippen LogP contribution in [0.4, 0.5) is 0 Å². The fourth-order valence-corrected chi connectivity index (χ4v) is 5.89. The van der Waals surface area contributed by atoms with E-state index in [1.54, 1.807) is 13.8 Å². The van der Waals surface area contributed by atoms with E-state index in [0.717, 1.165) is 5.56 Å². The molecule has 1 amide bonds. The number of aliphatic hydroxyl groups excluding tert-OH is 2. The lowest BCUT2D eigenvalue weighted by Crippen LogP contribution is -2.80. The number of benzene rings is 1. The number of hydrogen-bond donors (Lipinski definition) is 2. The second kappa shape index (κ2) is 7.98. The molecule has 0 unspecified atom stereocenters. The number of hydrogen-bond acceptors (Lipinski definition) is 8. The summed E-state index contributed by atoms with van der Waals surface area (Å²) in [4.78, 5) is 14.6. The fourth-order valence-electron chi connectivity index (χ4n) is 5.89. The number of methoxy groups -OCH3 is 1. The van der Waals surface area contributed by atoms with Crippen LogP contribution in [0.5, 0.6) is 0 Å². The molecule has 0 spiro atoms. The van der Waals surface area contributed by atoms with Gasteiger partial charge in [-0.2, -0.15) is 0 Å². The summed E-state index contributed by atoms with van der Waals surface area (Å²) in [6.45, 7) is 7.57. The van der Waals surface area contributed by atoms with Gasteiger partial charge >= 0.3 is 0 Å². The van der Waals surface area contributed by atoms with E-state index < -0.39 is 66.2 Å². The van der Waals surface area contributed by atoms with Crippen molar-refractivity contribution in [3.63, 3.8) is 0 Å². The standard InChI is InChI=1S/C24H33NO8/c1-23(2)30-11-13(31-23)19-20(33-24(3,4)32-19)15-17(26)14(12-9-7-6-8-10-12)18(27)16-21(29-5)22(28)25(15)16/h6-10,13-21,26-27H,11H2,1-5H3/t13-,14-,15+,16+,17-,18+,19-,20-,21-/m1/s1. The van der Waals surface area contributed by atoms with Gasteiger partial charge in [0.2, 0.25) is 0 Å². The molecule has 9 heteroatoms. The first-order valence-corrected chi connectivity index (χ1v) is 11.5. The molecule has 9 atom stereocenters. The van der Waals surface area contributed by atoms with Gasteiger partial charge in [-0.1, -0.05) is 30.3 Å². The molecule has 2 N–H and O–H groups in total. The van der Waals surface area contributed by atoms with Crippen LogP contribution in [0.2, 0.25) is 0 Å². The summed E-state index contributed by atoms with van der Waals surface area (Å²) < 4.78 is 29.8. The fraction of sp³-hybridized carbons (Fsp3) is 0.708. The van der Waals surface area contributed by atoms with Crippen LogP contribution in [0.3, 0.4) is 0 Å². The van der Waals surface area contributed by atoms with Crippen molar-refractivity contribution in [1.82, 2.24) is 4.90 Å². The Morgan fingerprint density at radius 1 is 0.939 bits per heavy atom. The third-order valence-corrected chi connectivity index (χ3v) is 7.22. The number of nitrogens with zero attached hydrogens (tertiary/aromatic N) is 1. The van der Waals surface area contributed by atoms with Gasteiger partial charge in [-0.05, 0) is 33.3 Å². The highest BCUT2D eigenvalue weighted by atomic mass is 16.8. The molecule has 4 fully saturated rings. The number of rotatable bonds is 4. The van der Waals surface area contributed by atoms with E-state index in [2.05, 4.69) is 0 Å². The average molecular weight is 464 g/mol. The number of fused-ring (bicyclic) bond motifs is 1. The highest BCUT2D eigenvalue weighted by Gasteiger charge is 2.66. The number of amides is 1. The maximum absolute atomic E-state index is 13.0. The number of ether oxygens (including phenoxy) is 5. The zero-order valence-electron chi connectivity index (χ0n) is 19.6. The van der Waals surface area contributed by atoms with Crippen molar-refractivity contribution in [3.8, 4) is 0 Å². The van der Waals surface area contributed by atoms with E-state index in [4.69, 9.17) is 23.7 Å². The molecule has 0 aliphatic carbocycles. The molecule has 0 radical (unpaired) electrons. The molecule has 4 aliphatic heterocycles. The van der Waals surface area contributed by atoms with Gasteiger partial charge in [0, 0.05) is 13.0 Å². The van der Waals surface area contributed by atoms with Crippen LogP contribution in [0.15, 0.2) is 30.3 Å². The third kappa shape index (κ3) is 3.70. The molecule has 33 heavy (non-hydrogen) atoms. The average Bonchev–Trinajstić information content (AvgIpc) is 3.27. The third-order valence-electron chi connectivity index (χ3n) is 7.22. The molecule has 1 aromatic rings. The Labute approximate surface area is 193 Å².